The molecule has 2 rings (SSSR count). The van der Waals surface area contributed by atoms with Crippen LogP contribution in [0.5, 0.6) is 17.2 Å². The van der Waals surface area contributed by atoms with E-state index in [1.165, 1.54) is 39.9 Å². The second-order valence-electron chi connectivity index (χ2n) is 6.43. The van der Waals surface area contributed by atoms with Gasteiger partial charge in [-0.05, 0) is 30.9 Å². The first kappa shape index (κ1) is 19.9. The first-order valence-corrected chi connectivity index (χ1v) is 8.76. The molecule has 0 aromatic heterocycles. The lowest BCUT2D eigenvalue weighted by atomic mass is 9.86. The highest BCUT2D eigenvalue weighted by Crippen LogP contribution is 2.38. The molecule has 1 aliphatic carbocycles. The van der Waals surface area contributed by atoms with Crippen LogP contribution in [-0.2, 0) is 9.53 Å². The summed E-state index contributed by atoms with van der Waals surface area (Å²) in [5.41, 5.74) is 0.221. The van der Waals surface area contributed by atoms with Crippen LogP contribution in [0.2, 0.25) is 0 Å². The Morgan fingerprint density at radius 3 is 2.19 bits per heavy atom. The summed E-state index contributed by atoms with van der Waals surface area (Å²) < 4.78 is 20.8. The fourth-order valence-electron chi connectivity index (χ4n) is 3.19. The Bertz CT molecular complexity index is 620. The van der Waals surface area contributed by atoms with Crippen molar-refractivity contribution in [1.29, 1.82) is 0 Å². The largest absolute Gasteiger partial charge is 0.493 e. The highest BCUT2D eigenvalue weighted by molar-refractivity contribution is 5.92. The molecule has 1 aliphatic rings. The van der Waals surface area contributed by atoms with Crippen LogP contribution in [0.25, 0.3) is 0 Å². The zero-order valence-electron chi connectivity index (χ0n) is 15.8. The second-order valence-corrected chi connectivity index (χ2v) is 6.43. The van der Waals surface area contributed by atoms with E-state index < -0.39 is 5.97 Å². The lowest BCUT2D eigenvalue weighted by Crippen LogP contribution is -2.42. The van der Waals surface area contributed by atoms with Gasteiger partial charge in [0, 0.05) is 6.04 Å². The van der Waals surface area contributed by atoms with Gasteiger partial charge in [-0.2, -0.15) is 0 Å². The molecule has 7 heteroatoms. The first-order valence-electron chi connectivity index (χ1n) is 8.76. The first-order chi connectivity index (χ1) is 12.5. The molecule has 0 saturated heterocycles. The Hall–Kier alpha value is -2.44. The molecule has 0 spiro atoms. The highest BCUT2D eigenvalue weighted by atomic mass is 16.5. The summed E-state index contributed by atoms with van der Waals surface area (Å²) in [6.45, 7) is 1.81. The smallest absolute Gasteiger partial charge is 0.338 e. The molecule has 1 N–H and O–H groups in total. The van der Waals surface area contributed by atoms with Crippen LogP contribution in [0.1, 0.15) is 43.0 Å². The summed E-state index contributed by atoms with van der Waals surface area (Å²) >= 11 is 0. The molecule has 7 nitrogen and oxygen atoms in total. The van der Waals surface area contributed by atoms with E-state index in [4.69, 9.17) is 18.9 Å². The number of carbonyl (C=O) groups excluding carboxylic acids is 2. The standard InChI is InChI=1S/C19H27NO6/c1-12-7-5-6-8-14(12)20-17(21)11-26-19(22)13-9-15(23-2)18(25-4)16(10-13)24-3/h9-10,12,14H,5-8,11H2,1-4H3,(H,20,21)/t12-,14-/m0/s1. The van der Waals surface area contributed by atoms with Crippen LogP contribution in [0.3, 0.4) is 0 Å². The summed E-state index contributed by atoms with van der Waals surface area (Å²) in [6.07, 6.45) is 4.38. The number of methoxy groups -OCH3 is 3. The van der Waals surface area contributed by atoms with Crippen molar-refractivity contribution in [3.05, 3.63) is 17.7 Å². The van der Waals surface area contributed by atoms with Crippen LogP contribution >= 0.6 is 0 Å². The lowest BCUT2D eigenvalue weighted by Gasteiger charge is -2.29. The molecule has 0 unspecified atom stereocenters. The predicted molar refractivity (Wildman–Crippen MR) is 95.9 cm³/mol. The van der Waals surface area contributed by atoms with Gasteiger partial charge in [0.1, 0.15) is 0 Å². The Morgan fingerprint density at radius 2 is 1.65 bits per heavy atom. The summed E-state index contributed by atoms with van der Waals surface area (Å²) in [6, 6.07) is 3.13. The van der Waals surface area contributed by atoms with Gasteiger partial charge in [-0.3, -0.25) is 4.79 Å². The summed E-state index contributed by atoms with van der Waals surface area (Å²) in [5.74, 6) is 0.605. The van der Waals surface area contributed by atoms with Crippen molar-refractivity contribution in [2.45, 2.75) is 38.6 Å². The van der Waals surface area contributed by atoms with Crippen molar-refractivity contribution < 1.29 is 28.5 Å². The number of benzene rings is 1. The fraction of sp³-hybridized carbons (Fsp3) is 0.579. The SMILES string of the molecule is COc1cc(C(=O)OCC(=O)N[C@H]2CCCC[C@@H]2C)cc(OC)c1OC. The quantitative estimate of drug-likeness (QED) is 0.748. The normalized spacial score (nSPS) is 19.4. The van der Waals surface area contributed by atoms with Crippen LogP contribution in [-0.4, -0.2) is 45.9 Å². The van der Waals surface area contributed by atoms with Gasteiger partial charge in [0.05, 0.1) is 26.9 Å². The monoisotopic (exact) mass is 365 g/mol. The molecule has 2 atom stereocenters. The Kier molecular flexibility index (Phi) is 7.12. The highest BCUT2D eigenvalue weighted by Gasteiger charge is 2.24. The van der Waals surface area contributed by atoms with Crippen molar-refractivity contribution in [2.75, 3.05) is 27.9 Å². The molecule has 1 amide bonds. The minimum absolute atomic E-state index is 0.149. The van der Waals surface area contributed by atoms with Crippen LogP contribution in [0, 0.1) is 5.92 Å². The van der Waals surface area contributed by atoms with Gasteiger partial charge in [-0.25, -0.2) is 4.79 Å². The topological polar surface area (TPSA) is 83.1 Å². The third-order valence-electron chi connectivity index (χ3n) is 4.69. The maximum Gasteiger partial charge on any atom is 0.338 e. The predicted octanol–water partition coefficient (Wildman–Crippen LogP) is 2.56. The third-order valence-corrected chi connectivity index (χ3v) is 4.69. The van der Waals surface area contributed by atoms with Crippen molar-refractivity contribution in [2.24, 2.45) is 5.92 Å². The maximum absolute atomic E-state index is 12.3. The average molecular weight is 365 g/mol. The lowest BCUT2D eigenvalue weighted by molar-refractivity contribution is -0.125. The molecule has 0 bridgehead atoms. The molecular formula is C19H27NO6. The average Bonchev–Trinajstić information content (AvgIpc) is 2.66. The van der Waals surface area contributed by atoms with Gasteiger partial charge in [0.2, 0.25) is 5.75 Å². The number of nitrogens with one attached hydrogen (secondary N) is 1. The number of ether oxygens (including phenoxy) is 4. The van der Waals surface area contributed by atoms with E-state index in [1.807, 2.05) is 0 Å². The van der Waals surface area contributed by atoms with Gasteiger partial charge in [-0.1, -0.05) is 19.8 Å². The number of amides is 1. The van der Waals surface area contributed by atoms with Crippen LogP contribution in [0.15, 0.2) is 12.1 Å². The molecule has 1 aromatic carbocycles. The fourth-order valence-corrected chi connectivity index (χ4v) is 3.19. The van der Waals surface area contributed by atoms with Crippen molar-refractivity contribution in [1.82, 2.24) is 5.32 Å². The van der Waals surface area contributed by atoms with Gasteiger partial charge in [-0.15, -0.1) is 0 Å². The van der Waals surface area contributed by atoms with Crippen molar-refractivity contribution in [3.63, 3.8) is 0 Å². The number of rotatable bonds is 7. The minimum atomic E-state index is -0.629. The molecule has 1 saturated carbocycles. The van der Waals surface area contributed by atoms with Crippen molar-refractivity contribution in [3.8, 4) is 17.2 Å². The molecule has 1 fully saturated rings. The zero-order chi connectivity index (χ0) is 19.1. The molecule has 0 aliphatic heterocycles. The van der Waals surface area contributed by atoms with E-state index in [1.54, 1.807) is 0 Å². The van der Waals surface area contributed by atoms with Crippen LogP contribution in [0.4, 0.5) is 0 Å². The van der Waals surface area contributed by atoms with Crippen LogP contribution < -0.4 is 19.5 Å². The Morgan fingerprint density at radius 1 is 1.04 bits per heavy atom. The van der Waals surface area contributed by atoms with Crippen molar-refractivity contribution >= 4 is 11.9 Å². The number of carbonyl (C=O) groups is 2. The van der Waals surface area contributed by atoms with E-state index >= 15 is 0 Å². The Balaban J connectivity index is 1.97. The van der Waals surface area contributed by atoms with Gasteiger partial charge < -0.3 is 24.3 Å². The number of hydrogen-bond acceptors (Lipinski definition) is 6. The summed E-state index contributed by atoms with van der Waals surface area (Å²) in [4.78, 5) is 24.4. The van der Waals surface area contributed by atoms with E-state index in [0.29, 0.717) is 23.2 Å². The van der Waals surface area contributed by atoms with E-state index in [2.05, 4.69) is 12.2 Å². The molecule has 1 aromatic rings. The van der Waals surface area contributed by atoms with Gasteiger partial charge in [0.15, 0.2) is 18.1 Å². The number of hydrogen-bond donors (Lipinski definition) is 1. The minimum Gasteiger partial charge on any atom is -0.493 e. The Labute approximate surface area is 153 Å². The third kappa shape index (κ3) is 4.80. The summed E-state index contributed by atoms with van der Waals surface area (Å²) in [7, 11) is 4.41. The van der Waals surface area contributed by atoms with Gasteiger partial charge >= 0.3 is 5.97 Å². The molecule has 0 heterocycles. The summed E-state index contributed by atoms with van der Waals surface area (Å²) in [5, 5.41) is 2.95. The second kappa shape index (κ2) is 9.31. The molecular weight excluding hydrogens is 338 g/mol. The van der Waals surface area contributed by atoms with E-state index in [0.717, 1.165) is 19.3 Å². The zero-order valence-corrected chi connectivity index (χ0v) is 15.8. The van der Waals surface area contributed by atoms with Gasteiger partial charge in [0.25, 0.3) is 5.91 Å². The number of esters is 1. The maximum atomic E-state index is 12.3. The molecule has 26 heavy (non-hydrogen) atoms. The molecule has 0 radical (unpaired) electrons. The van der Waals surface area contributed by atoms with E-state index in [9.17, 15) is 9.59 Å². The molecule has 144 valence electrons. The van der Waals surface area contributed by atoms with E-state index in [-0.39, 0.29) is 24.1 Å².